The van der Waals surface area contributed by atoms with Crippen molar-refractivity contribution in [2.24, 2.45) is 0 Å². The number of carbonyl (C=O) groups is 2. The number of rotatable bonds is 11. The second-order valence-corrected chi connectivity index (χ2v) is 11.5. The molecular formula is C32H37ClN2O2S. The summed E-state index contributed by atoms with van der Waals surface area (Å²) < 4.78 is 0. The maximum absolute atomic E-state index is 13.8. The summed E-state index contributed by atoms with van der Waals surface area (Å²) in [7, 11) is 0. The lowest BCUT2D eigenvalue weighted by atomic mass is 9.94. The van der Waals surface area contributed by atoms with E-state index in [2.05, 4.69) is 30.4 Å². The molecule has 4 rings (SSSR count). The number of amides is 2. The molecule has 1 aliphatic rings. The fraction of sp³-hybridized carbons (Fsp3) is 0.375. The number of thioether (sulfide) groups is 1. The van der Waals surface area contributed by atoms with Crippen LogP contribution in [0.1, 0.15) is 54.4 Å². The zero-order valence-electron chi connectivity index (χ0n) is 22.1. The zero-order chi connectivity index (χ0) is 26.7. The van der Waals surface area contributed by atoms with Gasteiger partial charge in [0.15, 0.2) is 0 Å². The van der Waals surface area contributed by atoms with Crippen LogP contribution in [0.2, 0.25) is 5.02 Å². The average molecular weight is 549 g/mol. The van der Waals surface area contributed by atoms with Crippen LogP contribution >= 0.6 is 23.4 Å². The lowest BCUT2D eigenvalue weighted by molar-refractivity contribution is -0.139. The molecule has 1 unspecified atom stereocenters. The third kappa shape index (κ3) is 8.37. The van der Waals surface area contributed by atoms with E-state index in [-0.39, 0.29) is 17.9 Å². The predicted octanol–water partition coefficient (Wildman–Crippen LogP) is 6.97. The van der Waals surface area contributed by atoms with E-state index in [9.17, 15) is 9.59 Å². The van der Waals surface area contributed by atoms with Crippen molar-refractivity contribution in [2.45, 2.75) is 69.8 Å². The van der Waals surface area contributed by atoms with Crippen molar-refractivity contribution in [2.75, 3.05) is 5.75 Å². The molecule has 0 spiro atoms. The first-order valence-electron chi connectivity index (χ1n) is 13.5. The zero-order valence-corrected chi connectivity index (χ0v) is 23.6. The number of carbonyl (C=O) groups excluding carboxylic acids is 2. The fourth-order valence-electron chi connectivity index (χ4n) is 5.05. The van der Waals surface area contributed by atoms with Crippen LogP contribution in [0.3, 0.4) is 0 Å². The molecule has 3 aromatic carbocycles. The largest absolute Gasteiger partial charge is 0.352 e. The molecule has 1 saturated carbocycles. The van der Waals surface area contributed by atoms with Gasteiger partial charge in [-0.3, -0.25) is 9.59 Å². The van der Waals surface area contributed by atoms with Gasteiger partial charge < -0.3 is 10.2 Å². The van der Waals surface area contributed by atoms with E-state index in [1.165, 1.54) is 17.5 Å². The van der Waals surface area contributed by atoms with Crippen LogP contribution in [0, 0.1) is 6.92 Å². The maximum Gasteiger partial charge on any atom is 0.243 e. The molecule has 200 valence electrons. The molecule has 1 N–H and O–H groups in total. The highest BCUT2D eigenvalue weighted by Gasteiger charge is 2.32. The van der Waals surface area contributed by atoms with Crippen molar-refractivity contribution in [1.29, 1.82) is 0 Å². The second kappa shape index (κ2) is 14.4. The summed E-state index contributed by atoms with van der Waals surface area (Å²) in [5.74, 6) is 0.901. The van der Waals surface area contributed by atoms with Crippen LogP contribution in [0.15, 0.2) is 78.9 Å². The first-order chi connectivity index (χ1) is 18.5. The molecule has 0 aromatic heterocycles. The average Bonchev–Trinajstić information content (AvgIpc) is 2.92. The monoisotopic (exact) mass is 548 g/mol. The number of benzene rings is 3. The maximum atomic E-state index is 13.8. The summed E-state index contributed by atoms with van der Waals surface area (Å²) >= 11 is 8.11. The van der Waals surface area contributed by atoms with Crippen LogP contribution in [0.25, 0.3) is 0 Å². The SMILES string of the molecule is Cc1cccc(CSCC(=O)N(Cc2ccccc2Cl)C(Cc2ccccc2)C(=O)NC2CCCCC2)c1. The topological polar surface area (TPSA) is 49.4 Å². The standard InChI is InChI=1S/C32H37ClN2O2S/c1-24-11-10-14-26(19-24)22-38-23-31(36)35(21-27-15-8-9-18-29(27)33)30(20-25-12-4-2-5-13-25)32(37)34-28-16-6-3-7-17-28/h2,4-5,8-15,18-19,28,30H,3,6-7,16-17,20-23H2,1H3,(H,34,37). The van der Waals surface area contributed by atoms with Gasteiger partial charge in [0.2, 0.25) is 11.8 Å². The van der Waals surface area contributed by atoms with Crippen LogP contribution in [-0.2, 0) is 28.3 Å². The van der Waals surface area contributed by atoms with Crippen molar-refractivity contribution in [1.82, 2.24) is 10.2 Å². The van der Waals surface area contributed by atoms with Crippen LogP contribution in [-0.4, -0.2) is 34.6 Å². The molecule has 2 amide bonds. The van der Waals surface area contributed by atoms with Crippen molar-refractivity contribution >= 4 is 35.2 Å². The van der Waals surface area contributed by atoms with Crippen molar-refractivity contribution in [3.63, 3.8) is 0 Å². The molecule has 1 fully saturated rings. The minimum atomic E-state index is -0.623. The molecule has 0 saturated heterocycles. The fourth-order valence-corrected chi connectivity index (χ4v) is 6.10. The number of hydrogen-bond acceptors (Lipinski definition) is 3. The summed E-state index contributed by atoms with van der Waals surface area (Å²) in [6, 6.07) is 25.4. The lowest BCUT2D eigenvalue weighted by Gasteiger charge is -2.33. The van der Waals surface area contributed by atoms with Gasteiger partial charge in [0, 0.05) is 29.8 Å². The Balaban J connectivity index is 1.57. The molecule has 0 aliphatic heterocycles. The van der Waals surface area contributed by atoms with Gasteiger partial charge in [0.05, 0.1) is 5.75 Å². The van der Waals surface area contributed by atoms with E-state index in [0.29, 0.717) is 23.7 Å². The van der Waals surface area contributed by atoms with Gasteiger partial charge in [-0.05, 0) is 42.5 Å². The molecule has 0 radical (unpaired) electrons. The Hall–Kier alpha value is -2.76. The van der Waals surface area contributed by atoms with Gasteiger partial charge in [-0.15, -0.1) is 11.8 Å². The third-order valence-electron chi connectivity index (χ3n) is 7.10. The highest BCUT2D eigenvalue weighted by Crippen LogP contribution is 2.23. The molecule has 38 heavy (non-hydrogen) atoms. The summed E-state index contributed by atoms with van der Waals surface area (Å²) in [4.78, 5) is 29.4. The van der Waals surface area contributed by atoms with E-state index in [4.69, 9.17) is 11.6 Å². The quantitative estimate of drug-likeness (QED) is 0.281. The van der Waals surface area contributed by atoms with E-state index >= 15 is 0 Å². The number of nitrogens with zero attached hydrogens (tertiary/aromatic N) is 1. The van der Waals surface area contributed by atoms with Crippen molar-refractivity contribution < 1.29 is 9.59 Å². The number of halogens is 1. The van der Waals surface area contributed by atoms with Crippen molar-refractivity contribution in [3.05, 3.63) is 106 Å². The van der Waals surface area contributed by atoms with Gasteiger partial charge in [0.1, 0.15) is 6.04 Å². The summed E-state index contributed by atoms with van der Waals surface area (Å²) in [6.45, 7) is 2.36. The van der Waals surface area contributed by atoms with Crippen LogP contribution < -0.4 is 5.32 Å². The molecule has 3 aromatic rings. The molecule has 4 nitrogen and oxygen atoms in total. The normalized spacial score (nSPS) is 14.6. The number of nitrogens with one attached hydrogen (secondary N) is 1. The van der Waals surface area contributed by atoms with Gasteiger partial charge >= 0.3 is 0 Å². The molecular weight excluding hydrogens is 512 g/mol. The second-order valence-electron chi connectivity index (χ2n) is 10.1. The minimum Gasteiger partial charge on any atom is -0.352 e. The predicted molar refractivity (Wildman–Crippen MR) is 158 cm³/mol. The Bertz CT molecular complexity index is 1200. The molecule has 1 aliphatic carbocycles. The summed E-state index contributed by atoms with van der Waals surface area (Å²) in [5.41, 5.74) is 4.27. The lowest BCUT2D eigenvalue weighted by Crippen LogP contribution is -2.53. The van der Waals surface area contributed by atoms with Gasteiger partial charge in [-0.25, -0.2) is 0 Å². The van der Waals surface area contributed by atoms with E-state index < -0.39 is 6.04 Å². The molecule has 1 atom stereocenters. The molecule has 0 heterocycles. The van der Waals surface area contributed by atoms with Crippen LogP contribution in [0.5, 0.6) is 0 Å². The van der Waals surface area contributed by atoms with E-state index in [1.54, 1.807) is 16.7 Å². The summed E-state index contributed by atoms with van der Waals surface area (Å²) in [5, 5.41) is 3.89. The highest BCUT2D eigenvalue weighted by atomic mass is 35.5. The Morgan fingerprint density at radius 2 is 1.66 bits per heavy atom. The first kappa shape index (κ1) is 28.3. The summed E-state index contributed by atoms with van der Waals surface area (Å²) in [6.07, 6.45) is 5.93. The Morgan fingerprint density at radius 3 is 2.39 bits per heavy atom. The molecule has 0 bridgehead atoms. The Morgan fingerprint density at radius 1 is 0.947 bits per heavy atom. The van der Waals surface area contributed by atoms with E-state index in [0.717, 1.165) is 42.6 Å². The van der Waals surface area contributed by atoms with Crippen molar-refractivity contribution in [3.8, 4) is 0 Å². The van der Waals surface area contributed by atoms with Gasteiger partial charge in [-0.2, -0.15) is 0 Å². The third-order valence-corrected chi connectivity index (χ3v) is 8.46. The highest BCUT2D eigenvalue weighted by molar-refractivity contribution is 7.99. The Labute approximate surface area is 236 Å². The van der Waals surface area contributed by atoms with Crippen LogP contribution in [0.4, 0.5) is 0 Å². The molecule has 6 heteroatoms. The van der Waals surface area contributed by atoms with Gasteiger partial charge in [-0.1, -0.05) is 109 Å². The first-order valence-corrected chi connectivity index (χ1v) is 15.0. The Kier molecular flexibility index (Phi) is 10.7. The number of hydrogen-bond donors (Lipinski definition) is 1. The number of aryl methyl sites for hydroxylation is 1. The minimum absolute atomic E-state index is 0.0534. The van der Waals surface area contributed by atoms with Gasteiger partial charge in [0.25, 0.3) is 0 Å². The smallest absolute Gasteiger partial charge is 0.243 e. The van der Waals surface area contributed by atoms with E-state index in [1.807, 2.05) is 60.7 Å².